The van der Waals surface area contributed by atoms with Crippen LogP contribution in [0.4, 0.5) is 5.69 Å². The van der Waals surface area contributed by atoms with Crippen molar-refractivity contribution in [3.05, 3.63) is 69.3 Å². The molecular weight excluding hydrogens is 308 g/mol. The lowest BCUT2D eigenvalue weighted by atomic mass is 10.1. The van der Waals surface area contributed by atoms with Gasteiger partial charge in [0.05, 0.1) is 12.3 Å². The Morgan fingerprint density at radius 1 is 1.29 bits per heavy atom. The normalized spacial score (nSPS) is 10.8. The highest BCUT2D eigenvalue weighted by Crippen LogP contribution is 2.21. The molecule has 0 spiro atoms. The molecule has 6 nitrogen and oxygen atoms in total. The summed E-state index contributed by atoms with van der Waals surface area (Å²) in [4.78, 5) is 28.7. The zero-order valence-electron chi connectivity index (χ0n) is 13.3. The number of fused-ring (bicyclic) bond motifs is 1. The molecule has 3 aromatic rings. The molecule has 0 bridgehead atoms. The maximum Gasteiger partial charge on any atom is 0.349 e. The molecule has 0 unspecified atom stereocenters. The van der Waals surface area contributed by atoms with Crippen molar-refractivity contribution in [2.75, 3.05) is 5.32 Å². The lowest BCUT2D eigenvalue weighted by molar-refractivity contribution is 0.102. The first kappa shape index (κ1) is 15.9. The number of hydrogen-bond acceptors (Lipinski definition) is 5. The second kappa shape index (κ2) is 6.25. The third-order valence-corrected chi connectivity index (χ3v) is 3.84. The molecule has 0 atom stereocenters. The van der Waals surface area contributed by atoms with Crippen LogP contribution in [-0.2, 0) is 6.61 Å². The van der Waals surface area contributed by atoms with Gasteiger partial charge in [0, 0.05) is 22.8 Å². The highest BCUT2D eigenvalue weighted by molar-refractivity contribution is 6.06. The van der Waals surface area contributed by atoms with Crippen LogP contribution in [0.25, 0.3) is 11.0 Å². The van der Waals surface area contributed by atoms with Gasteiger partial charge in [-0.25, -0.2) is 4.79 Å². The van der Waals surface area contributed by atoms with Crippen LogP contribution < -0.4 is 10.9 Å². The molecule has 3 rings (SSSR count). The first-order valence-electron chi connectivity index (χ1n) is 7.41. The van der Waals surface area contributed by atoms with E-state index in [1.54, 1.807) is 19.1 Å². The molecule has 1 aromatic carbocycles. The number of pyridine rings is 1. The Morgan fingerprint density at radius 3 is 2.75 bits per heavy atom. The fourth-order valence-corrected chi connectivity index (χ4v) is 2.47. The summed E-state index contributed by atoms with van der Waals surface area (Å²) in [5.41, 5.74) is 1.93. The maximum atomic E-state index is 12.5. The topological polar surface area (TPSA) is 92.4 Å². The third-order valence-electron chi connectivity index (χ3n) is 3.84. The van der Waals surface area contributed by atoms with E-state index >= 15 is 0 Å². The number of amides is 1. The van der Waals surface area contributed by atoms with Gasteiger partial charge in [-0.2, -0.15) is 0 Å². The van der Waals surface area contributed by atoms with Crippen molar-refractivity contribution in [2.24, 2.45) is 0 Å². The average molecular weight is 324 g/mol. The Balaban J connectivity index is 2.09. The smallest absolute Gasteiger partial charge is 0.349 e. The van der Waals surface area contributed by atoms with Crippen molar-refractivity contribution in [1.29, 1.82) is 0 Å². The molecule has 0 fully saturated rings. The Hall–Kier alpha value is -2.99. The van der Waals surface area contributed by atoms with Gasteiger partial charge in [-0.15, -0.1) is 0 Å². The van der Waals surface area contributed by atoms with Crippen molar-refractivity contribution in [3.63, 3.8) is 0 Å². The molecule has 122 valence electrons. The van der Waals surface area contributed by atoms with Gasteiger partial charge in [-0.3, -0.25) is 9.78 Å². The van der Waals surface area contributed by atoms with E-state index in [0.717, 1.165) is 5.56 Å². The zero-order chi connectivity index (χ0) is 17.3. The van der Waals surface area contributed by atoms with Crippen LogP contribution in [-0.4, -0.2) is 16.0 Å². The van der Waals surface area contributed by atoms with E-state index in [4.69, 9.17) is 4.42 Å². The van der Waals surface area contributed by atoms with Crippen molar-refractivity contribution in [1.82, 2.24) is 4.98 Å². The number of carbonyl (C=O) groups is 1. The van der Waals surface area contributed by atoms with E-state index in [1.807, 2.05) is 19.1 Å². The van der Waals surface area contributed by atoms with E-state index in [2.05, 4.69) is 10.3 Å². The lowest BCUT2D eigenvalue weighted by Gasteiger charge is -2.09. The second-order valence-electron chi connectivity index (χ2n) is 5.49. The standard InChI is InChI=1S/C18H16N2O4/c1-10-5-3-4-6-15(10)20-17(22)14-7-13-12(9-21)8-19-11(2)16(13)24-18(14)23/h3-8,21H,9H2,1-2H3,(H,20,22). The molecule has 0 aliphatic heterocycles. The summed E-state index contributed by atoms with van der Waals surface area (Å²) in [6.45, 7) is 3.28. The second-order valence-corrected chi connectivity index (χ2v) is 5.49. The minimum atomic E-state index is -0.742. The van der Waals surface area contributed by atoms with Crippen molar-refractivity contribution >= 4 is 22.6 Å². The minimum absolute atomic E-state index is 0.119. The summed E-state index contributed by atoms with van der Waals surface area (Å²) < 4.78 is 5.27. The fraction of sp³-hybridized carbons (Fsp3) is 0.167. The summed E-state index contributed by atoms with van der Waals surface area (Å²) in [5.74, 6) is -0.557. The molecule has 0 radical (unpaired) electrons. The van der Waals surface area contributed by atoms with Gasteiger partial charge in [0.25, 0.3) is 5.91 Å². The number of aryl methyl sites for hydroxylation is 2. The zero-order valence-corrected chi connectivity index (χ0v) is 13.3. The molecule has 0 saturated heterocycles. The number of aromatic nitrogens is 1. The molecule has 0 saturated carbocycles. The van der Waals surface area contributed by atoms with Gasteiger partial charge in [-0.1, -0.05) is 18.2 Å². The fourth-order valence-electron chi connectivity index (χ4n) is 2.47. The van der Waals surface area contributed by atoms with E-state index < -0.39 is 11.5 Å². The SMILES string of the molecule is Cc1ccccc1NC(=O)c1cc2c(CO)cnc(C)c2oc1=O. The molecule has 2 N–H and O–H groups in total. The summed E-state index contributed by atoms with van der Waals surface area (Å²) in [6.07, 6.45) is 1.50. The van der Waals surface area contributed by atoms with E-state index in [1.165, 1.54) is 12.3 Å². The number of carbonyl (C=O) groups excluding carboxylic acids is 1. The predicted molar refractivity (Wildman–Crippen MR) is 90.1 cm³/mol. The minimum Gasteiger partial charge on any atom is -0.420 e. The lowest BCUT2D eigenvalue weighted by Crippen LogP contribution is -2.21. The van der Waals surface area contributed by atoms with Crippen LogP contribution in [0.1, 0.15) is 27.2 Å². The molecule has 0 aliphatic carbocycles. The number of aliphatic hydroxyl groups is 1. The molecule has 2 aromatic heterocycles. The van der Waals surface area contributed by atoms with Crippen LogP contribution >= 0.6 is 0 Å². The van der Waals surface area contributed by atoms with Gasteiger partial charge >= 0.3 is 5.63 Å². The Morgan fingerprint density at radius 2 is 2.04 bits per heavy atom. The predicted octanol–water partition coefficient (Wildman–Crippen LogP) is 2.55. The quantitative estimate of drug-likeness (QED) is 0.772. The summed E-state index contributed by atoms with van der Waals surface area (Å²) >= 11 is 0. The van der Waals surface area contributed by atoms with Gasteiger partial charge in [-0.05, 0) is 31.5 Å². The van der Waals surface area contributed by atoms with Crippen LogP contribution in [0.3, 0.4) is 0 Å². The van der Waals surface area contributed by atoms with Gasteiger partial charge in [0.15, 0.2) is 5.58 Å². The van der Waals surface area contributed by atoms with Crippen LogP contribution in [0, 0.1) is 13.8 Å². The first-order valence-corrected chi connectivity index (χ1v) is 7.41. The summed E-state index contributed by atoms with van der Waals surface area (Å²) in [7, 11) is 0. The van der Waals surface area contributed by atoms with Crippen molar-refractivity contribution in [2.45, 2.75) is 20.5 Å². The Bertz CT molecular complexity index is 992. The molecule has 6 heteroatoms. The van der Waals surface area contributed by atoms with E-state index in [-0.39, 0.29) is 17.8 Å². The van der Waals surface area contributed by atoms with Crippen LogP contribution in [0.15, 0.2) is 45.7 Å². The van der Waals surface area contributed by atoms with E-state index in [9.17, 15) is 14.7 Å². The summed E-state index contributed by atoms with van der Waals surface area (Å²) in [5, 5.41) is 12.6. The molecule has 2 heterocycles. The third kappa shape index (κ3) is 2.79. The van der Waals surface area contributed by atoms with E-state index in [0.29, 0.717) is 22.3 Å². The Labute approximate surface area is 137 Å². The number of hydrogen-bond donors (Lipinski definition) is 2. The largest absolute Gasteiger partial charge is 0.420 e. The molecule has 0 aliphatic rings. The van der Waals surface area contributed by atoms with Crippen LogP contribution in [0.2, 0.25) is 0 Å². The number of rotatable bonds is 3. The number of anilines is 1. The van der Waals surface area contributed by atoms with Gasteiger partial charge < -0.3 is 14.8 Å². The number of benzene rings is 1. The first-order chi connectivity index (χ1) is 11.5. The number of aliphatic hydroxyl groups excluding tert-OH is 1. The summed E-state index contributed by atoms with van der Waals surface area (Å²) in [6, 6.07) is 8.71. The van der Waals surface area contributed by atoms with Gasteiger partial charge in [0.2, 0.25) is 0 Å². The maximum absolute atomic E-state index is 12.5. The van der Waals surface area contributed by atoms with Crippen molar-refractivity contribution in [3.8, 4) is 0 Å². The Kier molecular flexibility index (Phi) is 4.14. The number of nitrogens with one attached hydrogen (secondary N) is 1. The molecule has 1 amide bonds. The molecular formula is C18H16N2O4. The van der Waals surface area contributed by atoms with Gasteiger partial charge in [0.1, 0.15) is 5.56 Å². The molecule has 24 heavy (non-hydrogen) atoms. The van der Waals surface area contributed by atoms with Crippen LogP contribution in [0.5, 0.6) is 0 Å². The highest BCUT2D eigenvalue weighted by Gasteiger charge is 2.17. The monoisotopic (exact) mass is 324 g/mol. The highest BCUT2D eigenvalue weighted by atomic mass is 16.4. The number of para-hydroxylation sites is 1. The number of nitrogens with zero attached hydrogens (tertiary/aromatic N) is 1. The average Bonchev–Trinajstić information content (AvgIpc) is 2.57. The van der Waals surface area contributed by atoms with Crippen molar-refractivity contribution < 1.29 is 14.3 Å².